The number of hydrogen-bond donors (Lipinski definition) is 3. The van der Waals surface area contributed by atoms with Crippen molar-refractivity contribution in [2.45, 2.75) is 360 Å². The molecular weight excluding hydrogens is 887 g/mol. The van der Waals surface area contributed by atoms with Gasteiger partial charge in [-0.2, -0.15) is 0 Å². The Kier molecular flexibility index (Phi) is 60.0. The molecule has 1 amide bonds. The molecule has 0 spiro atoms. The Bertz CT molecular complexity index is 1170. The summed E-state index contributed by atoms with van der Waals surface area (Å²) in [7, 11) is 0. The molecule has 0 aliphatic rings. The lowest BCUT2D eigenvalue weighted by molar-refractivity contribution is -0.143. The Balaban J connectivity index is 3.33. The van der Waals surface area contributed by atoms with Crippen molar-refractivity contribution in [3.8, 4) is 0 Å². The van der Waals surface area contributed by atoms with Crippen LogP contribution in [0, 0.1) is 0 Å². The Hall–Kier alpha value is -1.92. The maximum atomic E-state index is 12.4. The number of rotatable bonds is 60. The van der Waals surface area contributed by atoms with E-state index in [4.69, 9.17) is 4.74 Å². The molecule has 0 aromatic heterocycles. The van der Waals surface area contributed by atoms with E-state index in [0.29, 0.717) is 19.4 Å². The van der Waals surface area contributed by atoms with E-state index in [9.17, 15) is 19.8 Å². The van der Waals surface area contributed by atoms with E-state index in [1.165, 1.54) is 276 Å². The van der Waals surface area contributed by atoms with E-state index in [1.807, 2.05) is 6.08 Å². The topological polar surface area (TPSA) is 95.9 Å². The minimum absolute atomic E-state index is 0.00901. The number of allylic oxidation sites excluding steroid dienone is 5. The van der Waals surface area contributed by atoms with Crippen LogP contribution in [0.25, 0.3) is 0 Å². The molecule has 0 radical (unpaired) electrons. The van der Waals surface area contributed by atoms with Crippen molar-refractivity contribution >= 4 is 11.9 Å². The summed E-state index contributed by atoms with van der Waals surface area (Å²) >= 11 is 0. The zero-order valence-electron chi connectivity index (χ0n) is 48.4. The number of aliphatic hydroxyl groups is 2. The summed E-state index contributed by atoms with van der Waals surface area (Å²) in [5.74, 6) is -0.0579. The van der Waals surface area contributed by atoms with Gasteiger partial charge in [-0.05, 0) is 83.5 Å². The molecule has 0 rings (SSSR count). The van der Waals surface area contributed by atoms with Crippen molar-refractivity contribution in [1.29, 1.82) is 0 Å². The molecular formula is C66H125NO5. The van der Waals surface area contributed by atoms with E-state index >= 15 is 0 Å². The van der Waals surface area contributed by atoms with Crippen molar-refractivity contribution in [1.82, 2.24) is 5.32 Å². The number of nitrogens with one attached hydrogen (secondary N) is 1. The van der Waals surface area contributed by atoms with Gasteiger partial charge in [-0.15, -0.1) is 0 Å². The first-order valence-electron chi connectivity index (χ1n) is 32.3. The predicted molar refractivity (Wildman–Crippen MR) is 315 cm³/mol. The Morgan fingerprint density at radius 3 is 1.00 bits per heavy atom. The highest BCUT2D eigenvalue weighted by Gasteiger charge is 2.18. The van der Waals surface area contributed by atoms with Crippen molar-refractivity contribution < 1.29 is 24.5 Å². The molecule has 424 valence electrons. The molecule has 0 aliphatic heterocycles. The summed E-state index contributed by atoms with van der Waals surface area (Å²) in [6.45, 7) is 4.87. The first-order chi connectivity index (χ1) is 35.5. The second-order valence-electron chi connectivity index (χ2n) is 22.1. The van der Waals surface area contributed by atoms with Crippen LogP contribution >= 0.6 is 0 Å². The molecule has 6 heteroatoms. The molecule has 0 bridgehead atoms. The molecule has 0 aromatic carbocycles. The van der Waals surface area contributed by atoms with E-state index in [-0.39, 0.29) is 18.5 Å². The lowest BCUT2D eigenvalue weighted by Crippen LogP contribution is -2.45. The number of amides is 1. The fraction of sp³-hybridized carbons (Fsp3) is 0.879. The quantitative estimate of drug-likeness (QED) is 0.0320. The summed E-state index contributed by atoms with van der Waals surface area (Å²) in [4.78, 5) is 24.4. The fourth-order valence-corrected chi connectivity index (χ4v) is 9.92. The minimum Gasteiger partial charge on any atom is -0.466 e. The van der Waals surface area contributed by atoms with Crippen LogP contribution in [-0.2, 0) is 14.3 Å². The summed E-state index contributed by atoms with van der Waals surface area (Å²) < 4.78 is 5.48. The number of carbonyl (C=O) groups is 2. The van der Waals surface area contributed by atoms with Gasteiger partial charge in [-0.1, -0.05) is 288 Å². The van der Waals surface area contributed by atoms with Gasteiger partial charge in [-0.3, -0.25) is 9.59 Å². The molecule has 2 unspecified atom stereocenters. The van der Waals surface area contributed by atoms with Crippen molar-refractivity contribution in [2.75, 3.05) is 13.2 Å². The van der Waals surface area contributed by atoms with Crippen molar-refractivity contribution in [2.24, 2.45) is 0 Å². The third-order valence-electron chi connectivity index (χ3n) is 14.9. The van der Waals surface area contributed by atoms with Gasteiger partial charge in [-0.25, -0.2) is 0 Å². The standard InChI is InChI=1S/C66H125NO5/c1-3-5-7-9-11-13-14-36-40-44-48-52-56-60-66(71)72-61-57-53-49-45-41-38-35-33-31-29-27-25-23-21-19-17-15-16-18-20-22-24-26-28-30-32-34-37-39-43-47-51-55-59-65(70)67-63(62-68)64(69)58-54-50-46-42-12-10-8-6-4-2/h13-14,19,21,54,58,63-64,68-69H,3-12,15-18,20,22-53,55-57,59-62H2,1-2H3,(H,67,70)/b14-13-,21-19-,58-54+. The van der Waals surface area contributed by atoms with Crippen LogP contribution in [0.15, 0.2) is 36.5 Å². The molecule has 6 nitrogen and oxygen atoms in total. The highest BCUT2D eigenvalue weighted by molar-refractivity contribution is 5.76. The number of carbonyl (C=O) groups excluding carboxylic acids is 2. The van der Waals surface area contributed by atoms with Gasteiger partial charge in [0.2, 0.25) is 5.91 Å². The van der Waals surface area contributed by atoms with Gasteiger partial charge >= 0.3 is 5.97 Å². The van der Waals surface area contributed by atoms with Gasteiger partial charge < -0.3 is 20.3 Å². The average molecular weight is 1010 g/mol. The number of esters is 1. The van der Waals surface area contributed by atoms with Crippen molar-refractivity contribution in [3.63, 3.8) is 0 Å². The molecule has 0 aliphatic carbocycles. The van der Waals surface area contributed by atoms with Crippen molar-refractivity contribution in [3.05, 3.63) is 36.5 Å². The number of aliphatic hydroxyl groups excluding tert-OH is 2. The number of unbranched alkanes of at least 4 members (excludes halogenated alkanes) is 45. The summed E-state index contributed by atoms with van der Waals surface area (Å²) in [6, 6.07) is -0.623. The minimum atomic E-state index is -0.840. The van der Waals surface area contributed by atoms with Crippen LogP contribution in [-0.4, -0.2) is 47.4 Å². The molecule has 2 atom stereocenters. The molecule has 0 fully saturated rings. The molecule has 0 aromatic rings. The van der Waals surface area contributed by atoms with E-state index in [1.54, 1.807) is 6.08 Å². The number of hydrogen-bond acceptors (Lipinski definition) is 5. The average Bonchev–Trinajstić information content (AvgIpc) is 3.38. The first kappa shape index (κ1) is 70.1. The third kappa shape index (κ3) is 57.4. The summed E-state index contributed by atoms with van der Waals surface area (Å²) in [5, 5.41) is 23.0. The Labute approximate surface area is 449 Å². The monoisotopic (exact) mass is 1010 g/mol. The molecule has 0 heterocycles. The maximum absolute atomic E-state index is 12.4. The predicted octanol–water partition coefficient (Wildman–Crippen LogP) is 20.4. The normalized spacial score (nSPS) is 12.8. The second kappa shape index (κ2) is 61.6. The van der Waals surface area contributed by atoms with E-state index in [2.05, 4.69) is 43.5 Å². The van der Waals surface area contributed by atoms with Crippen LogP contribution in [0.4, 0.5) is 0 Å². The largest absolute Gasteiger partial charge is 0.466 e. The highest BCUT2D eigenvalue weighted by Crippen LogP contribution is 2.17. The van der Waals surface area contributed by atoms with Gasteiger partial charge in [0, 0.05) is 12.8 Å². The first-order valence-corrected chi connectivity index (χ1v) is 32.3. The van der Waals surface area contributed by atoms with Crippen LogP contribution in [0.3, 0.4) is 0 Å². The number of ether oxygens (including phenoxy) is 1. The van der Waals surface area contributed by atoms with Gasteiger partial charge in [0.05, 0.1) is 25.4 Å². The van der Waals surface area contributed by atoms with Crippen LogP contribution < -0.4 is 5.32 Å². The van der Waals surface area contributed by atoms with Crippen LogP contribution in [0.5, 0.6) is 0 Å². The molecule has 72 heavy (non-hydrogen) atoms. The zero-order chi connectivity index (χ0) is 52.2. The third-order valence-corrected chi connectivity index (χ3v) is 14.9. The lowest BCUT2D eigenvalue weighted by atomic mass is 10.0. The van der Waals surface area contributed by atoms with Crippen LogP contribution in [0.2, 0.25) is 0 Å². The fourth-order valence-electron chi connectivity index (χ4n) is 9.92. The zero-order valence-corrected chi connectivity index (χ0v) is 48.4. The van der Waals surface area contributed by atoms with Crippen LogP contribution in [0.1, 0.15) is 348 Å². The SMILES string of the molecule is CCCCCC/C=C\CCCCCCCC(=O)OCCCCCCCCCCCCCC/C=C\CCCCCCCCCCCCCCCCCCCC(=O)NC(CO)C(O)/C=C/CCCCCCCCC. The van der Waals surface area contributed by atoms with E-state index in [0.717, 1.165) is 44.9 Å². The lowest BCUT2D eigenvalue weighted by Gasteiger charge is -2.20. The second-order valence-corrected chi connectivity index (χ2v) is 22.1. The molecule has 0 saturated carbocycles. The Morgan fingerprint density at radius 1 is 0.375 bits per heavy atom. The smallest absolute Gasteiger partial charge is 0.305 e. The maximum Gasteiger partial charge on any atom is 0.305 e. The van der Waals surface area contributed by atoms with Gasteiger partial charge in [0.25, 0.3) is 0 Å². The highest BCUT2D eigenvalue weighted by atomic mass is 16.5. The van der Waals surface area contributed by atoms with Gasteiger partial charge in [0.15, 0.2) is 0 Å². The van der Waals surface area contributed by atoms with E-state index < -0.39 is 12.1 Å². The Morgan fingerprint density at radius 2 is 0.653 bits per heavy atom. The summed E-state index contributed by atoms with van der Waals surface area (Å²) in [6.07, 6.45) is 78.0. The molecule has 3 N–H and O–H groups in total. The summed E-state index contributed by atoms with van der Waals surface area (Å²) in [5.41, 5.74) is 0. The molecule has 0 saturated heterocycles. The van der Waals surface area contributed by atoms with Gasteiger partial charge in [0.1, 0.15) is 0 Å².